The molecule has 1 heterocycles. The minimum atomic E-state index is -4.39. The highest BCUT2D eigenvalue weighted by atomic mass is 32.2. The van der Waals surface area contributed by atoms with Crippen molar-refractivity contribution in [2.24, 2.45) is 0 Å². The Hall–Kier alpha value is -2.47. The molecule has 0 aliphatic carbocycles. The minimum Gasteiger partial charge on any atom is -0.287 e. The zero-order valence-corrected chi connectivity index (χ0v) is 14.9. The first-order chi connectivity index (χ1) is 12.4. The first kappa shape index (κ1) is 18.3. The van der Waals surface area contributed by atoms with Crippen molar-refractivity contribution in [2.75, 3.05) is 5.75 Å². The molecule has 26 heavy (non-hydrogen) atoms. The van der Waals surface area contributed by atoms with Crippen molar-refractivity contribution in [3.8, 4) is 16.9 Å². The zero-order chi connectivity index (χ0) is 18.7. The molecule has 0 aliphatic rings. The number of alkyl halides is 3. The van der Waals surface area contributed by atoms with E-state index in [0.717, 1.165) is 29.0 Å². The van der Waals surface area contributed by atoms with Gasteiger partial charge in [-0.05, 0) is 25.1 Å². The van der Waals surface area contributed by atoms with E-state index in [9.17, 15) is 13.2 Å². The van der Waals surface area contributed by atoms with Crippen LogP contribution in [0.2, 0.25) is 0 Å². The summed E-state index contributed by atoms with van der Waals surface area (Å²) in [5, 5.41) is 0.625. The van der Waals surface area contributed by atoms with Crippen molar-refractivity contribution in [2.45, 2.75) is 18.3 Å². The largest absolute Gasteiger partial charge is 0.416 e. The maximum Gasteiger partial charge on any atom is 0.416 e. The van der Waals surface area contributed by atoms with Crippen LogP contribution in [0.1, 0.15) is 11.1 Å². The summed E-state index contributed by atoms with van der Waals surface area (Å²) in [6.45, 7) is 5.68. The van der Waals surface area contributed by atoms with E-state index in [1.165, 1.54) is 17.8 Å². The lowest BCUT2D eigenvalue weighted by Gasteiger charge is -2.14. The molecule has 134 valence electrons. The Labute approximate surface area is 154 Å². The van der Waals surface area contributed by atoms with E-state index in [-0.39, 0.29) is 0 Å². The van der Waals surface area contributed by atoms with Crippen LogP contribution < -0.4 is 0 Å². The molecule has 0 amide bonds. The Kier molecular flexibility index (Phi) is 5.23. The molecule has 0 saturated heterocycles. The van der Waals surface area contributed by atoms with Gasteiger partial charge in [-0.3, -0.25) is 4.57 Å². The molecule has 6 heteroatoms. The fourth-order valence-corrected chi connectivity index (χ4v) is 3.30. The molecule has 3 rings (SSSR count). The van der Waals surface area contributed by atoms with Crippen molar-refractivity contribution < 1.29 is 13.2 Å². The second-order valence-electron chi connectivity index (χ2n) is 5.78. The second kappa shape index (κ2) is 7.41. The van der Waals surface area contributed by atoms with Crippen LogP contribution in [0.4, 0.5) is 13.2 Å². The highest BCUT2D eigenvalue weighted by Gasteiger charge is 2.31. The van der Waals surface area contributed by atoms with Crippen LogP contribution in [-0.4, -0.2) is 15.3 Å². The molecule has 0 bridgehead atoms. The Morgan fingerprint density at radius 3 is 2.54 bits per heavy atom. The standard InChI is InChI=1S/C20H17F3N2S/c1-3-11-26-19-24-13-18(15-9-7-14(2)8-10-15)25(19)17-6-4-5-16(12-17)20(21,22)23/h3-10,12-13H,1,11H2,2H3. The number of thioether (sulfide) groups is 1. The Balaban J connectivity index is 2.16. The van der Waals surface area contributed by atoms with Gasteiger partial charge in [-0.1, -0.05) is 53.7 Å². The number of benzene rings is 2. The number of hydrogen-bond acceptors (Lipinski definition) is 2. The van der Waals surface area contributed by atoms with E-state index in [4.69, 9.17) is 0 Å². The molecule has 0 spiro atoms. The van der Waals surface area contributed by atoms with Gasteiger partial charge < -0.3 is 0 Å². The number of imidazole rings is 1. The van der Waals surface area contributed by atoms with Crippen LogP contribution in [0.15, 0.2) is 72.5 Å². The average Bonchev–Trinajstić information content (AvgIpc) is 3.04. The molecule has 0 atom stereocenters. The molecule has 3 aromatic rings. The van der Waals surface area contributed by atoms with Crippen LogP contribution in [0.25, 0.3) is 16.9 Å². The van der Waals surface area contributed by atoms with Crippen LogP contribution >= 0.6 is 11.8 Å². The molecular weight excluding hydrogens is 357 g/mol. The lowest BCUT2D eigenvalue weighted by molar-refractivity contribution is -0.137. The summed E-state index contributed by atoms with van der Waals surface area (Å²) in [5.74, 6) is 0.614. The van der Waals surface area contributed by atoms with Crippen molar-refractivity contribution in [3.63, 3.8) is 0 Å². The van der Waals surface area contributed by atoms with E-state index in [1.807, 2.05) is 31.2 Å². The quantitative estimate of drug-likeness (QED) is 0.394. The van der Waals surface area contributed by atoms with E-state index in [2.05, 4.69) is 11.6 Å². The topological polar surface area (TPSA) is 17.8 Å². The Bertz CT molecular complexity index is 912. The number of hydrogen-bond donors (Lipinski definition) is 0. The van der Waals surface area contributed by atoms with Gasteiger partial charge in [0.15, 0.2) is 5.16 Å². The van der Waals surface area contributed by atoms with Gasteiger partial charge in [0.05, 0.1) is 17.5 Å². The molecule has 0 unspecified atom stereocenters. The summed E-state index contributed by atoms with van der Waals surface area (Å²) in [6, 6.07) is 13.1. The van der Waals surface area contributed by atoms with Gasteiger partial charge in [-0.2, -0.15) is 13.2 Å². The summed E-state index contributed by atoms with van der Waals surface area (Å²) in [6.07, 6.45) is -0.966. The third kappa shape index (κ3) is 3.85. The molecule has 0 fully saturated rings. The second-order valence-corrected chi connectivity index (χ2v) is 6.76. The molecular formula is C20H17F3N2S. The molecule has 2 aromatic carbocycles. The third-order valence-electron chi connectivity index (χ3n) is 3.84. The highest BCUT2D eigenvalue weighted by molar-refractivity contribution is 7.99. The molecule has 0 N–H and O–H groups in total. The maximum atomic E-state index is 13.1. The Morgan fingerprint density at radius 2 is 1.88 bits per heavy atom. The maximum absolute atomic E-state index is 13.1. The summed E-state index contributed by atoms with van der Waals surface area (Å²) in [7, 11) is 0. The lowest BCUT2D eigenvalue weighted by atomic mass is 10.1. The van der Waals surface area contributed by atoms with Gasteiger partial charge in [0, 0.05) is 17.0 Å². The van der Waals surface area contributed by atoms with E-state index < -0.39 is 11.7 Å². The predicted octanol–water partition coefficient (Wildman–Crippen LogP) is 6.14. The fourth-order valence-electron chi connectivity index (χ4n) is 2.57. The molecule has 1 aromatic heterocycles. The zero-order valence-electron chi connectivity index (χ0n) is 14.1. The summed E-state index contributed by atoms with van der Waals surface area (Å²) >= 11 is 1.43. The predicted molar refractivity (Wildman–Crippen MR) is 99.7 cm³/mol. The van der Waals surface area contributed by atoms with E-state index in [1.54, 1.807) is 22.9 Å². The number of aryl methyl sites for hydroxylation is 1. The Morgan fingerprint density at radius 1 is 1.15 bits per heavy atom. The summed E-state index contributed by atoms with van der Waals surface area (Å²) in [4.78, 5) is 4.42. The number of halogens is 3. The highest BCUT2D eigenvalue weighted by Crippen LogP contribution is 2.34. The molecule has 0 radical (unpaired) electrons. The molecule has 2 nitrogen and oxygen atoms in total. The fraction of sp³-hybridized carbons (Fsp3) is 0.150. The van der Waals surface area contributed by atoms with Crippen molar-refractivity contribution in [1.29, 1.82) is 0 Å². The third-order valence-corrected chi connectivity index (χ3v) is 4.79. The van der Waals surface area contributed by atoms with Gasteiger partial charge in [0.1, 0.15) is 0 Å². The van der Waals surface area contributed by atoms with Gasteiger partial charge in [0.25, 0.3) is 0 Å². The van der Waals surface area contributed by atoms with Crippen LogP contribution in [0, 0.1) is 6.92 Å². The number of aromatic nitrogens is 2. The summed E-state index contributed by atoms with van der Waals surface area (Å²) in [5.41, 5.74) is 2.50. The number of nitrogens with zero attached hydrogens (tertiary/aromatic N) is 2. The lowest BCUT2D eigenvalue weighted by Crippen LogP contribution is -2.07. The minimum absolute atomic E-state index is 0.430. The van der Waals surface area contributed by atoms with Gasteiger partial charge in [0.2, 0.25) is 0 Å². The smallest absolute Gasteiger partial charge is 0.287 e. The molecule has 0 saturated carbocycles. The van der Waals surface area contributed by atoms with Crippen molar-refractivity contribution >= 4 is 11.8 Å². The van der Waals surface area contributed by atoms with Crippen LogP contribution in [0.5, 0.6) is 0 Å². The van der Waals surface area contributed by atoms with Crippen molar-refractivity contribution in [3.05, 3.63) is 78.5 Å². The SMILES string of the molecule is C=CCSc1ncc(-c2ccc(C)cc2)n1-c1cccc(C(F)(F)F)c1. The first-order valence-corrected chi connectivity index (χ1v) is 8.95. The van der Waals surface area contributed by atoms with Crippen molar-refractivity contribution in [1.82, 2.24) is 9.55 Å². The summed E-state index contributed by atoms with van der Waals surface area (Å²) < 4.78 is 41.2. The monoisotopic (exact) mass is 374 g/mol. The van der Waals surface area contributed by atoms with Gasteiger partial charge in [-0.15, -0.1) is 6.58 Å². The van der Waals surface area contributed by atoms with Crippen LogP contribution in [-0.2, 0) is 6.18 Å². The van der Waals surface area contributed by atoms with Gasteiger partial charge >= 0.3 is 6.18 Å². The molecule has 0 aliphatic heterocycles. The van der Waals surface area contributed by atoms with Gasteiger partial charge in [-0.25, -0.2) is 4.98 Å². The van der Waals surface area contributed by atoms with Crippen LogP contribution in [0.3, 0.4) is 0 Å². The normalized spacial score (nSPS) is 11.5. The average molecular weight is 374 g/mol. The number of rotatable bonds is 5. The van der Waals surface area contributed by atoms with E-state index >= 15 is 0 Å². The first-order valence-electron chi connectivity index (χ1n) is 7.96. The van der Waals surface area contributed by atoms with E-state index in [0.29, 0.717) is 16.6 Å².